The number of thiophene rings is 1. The van der Waals surface area contributed by atoms with Crippen LogP contribution in [0.2, 0.25) is 0 Å². The fourth-order valence-electron chi connectivity index (χ4n) is 3.22. The van der Waals surface area contributed by atoms with Gasteiger partial charge in [0.25, 0.3) is 0 Å². The van der Waals surface area contributed by atoms with Gasteiger partial charge in [-0.1, -0.05) is 48.5 Å². The van der Waals surface area contributed by atoms with Crippen LogP contribution < -0.4 is 0 Å². The van der Waals surface area contributed by atoms with Crippen LogP contribution in [0.5, 0.6) is 0 Å². The van der Waals surface area contributed by atoms with Crippen molar-refractivity contribution in [3.63, 3.8) is 0 Å². The second kappa shape index (κ2) is 6.65. The van der Waals surface area contributed by atoms with E-state index in [2.05, 4.69) is 12.1 Å². The van der Waals surface area contributed by atoms with Gasteiger partial charge in [-0.2, -0.15) is 0 Å². The molecule has 0 unspecified atom stereocenters. The van der Waals surface area contributed by atoms with E-state index in [1.165, 1.54) is 22.5 Å². The summed E-state index contributed by atoms with van der Waals surface area (Å²) < 4.78 is 5.70. The van der Waals surface area contributed by atoms with E-state index in [1.807, 2.05) is 23.6 Å². The molecule has 1 aliphatic carbocycles. The predicted octanol–water partition coefficient (Wildman–Crippen LogP) is 4.30. The molecule has 0 amide bonds. The van der Waals surface area contributed by atoms with E-state index < -0.39 is 5.97 Å². The molecule has 4 heteroatoms. The predicted molar refractivity (Wildman–Crippen MR) is 97.2 cm³/mol. The van der Waals surface area contributed by atoms with Crippen LogP contribution in [0.4, 0.5) is 0 Å². The molecule has 2 aromatic carbocycles. The maximum absolute atomic E-state index is 12.7. The third-order valence-corrected chi connectivity index (χ3v) is 5.29. The molecule has 3 aromatic rings. The van der Waals surface area contributed by atoms with Crippen LogP contribution in [0.15, 0.2) is 66.0 Å². The third-order valence-electron chi connectivity index (χ3n) is 4.42. The van der Waals surface area contributed by atoms with Gasteiger partial charge in [0.2, 0.25) is 5.78 Å². The first-order valence-electron chi connectivity index (χ1n) is 8.17. The molecule has 4 rings (SSSR count). The van der Waals surface area contributed by atoms with E-state index >= 15 is 0 Å². The van der Waals surface area contributed by atoms with Crippen molar-refractivity contribution in [3.05, 3.63) is 93.2 Å². The number of carbonyl (C=O) groups is 2. The van der Waals surface area contributed by atoms with Crippen LogP contribution in [0, 0.1) is 0 Å². The zero-order valence-corrected chi connectivity index (χ0v) is 14.3. The number of ether oxygens (including phenoxy) is 1. The Balaban J connectivity index is 1.55. The minimum atomic E-state index is -0.432. The molecule has 0 aliphatic heterocycles. The summed E-state index contributed by atoms with van der Waals surface area (Å²) in [5.41, 5.74) is 3.17. The summed E-state index contributed by atoms with van der Waals surface area (Å²) in [4.78, 5) is 25.9. The lowest BCUT2D eigenvalue weighted by Gasteiger charge is -2.13. The van der Waals surface area contributed by atoms with Crippen LogP contribution in [0.1, 0.15) is 36.7 Å². The Labute approximate surface area is 149 Å². The van der Waals surface area contributed by atoms with E-state index in [1.54, 1.807) is 30.3 Å². The normalized spacial score (nSPS) is 13.4. The largest absolute Gasteiger partial charge is 0.458 e. The first kappa shape index (κ1) is 15.8. The molecule has 0 atom stereocenters. The minimum Gasteiger partial charge on any atom is -0.458 e. The number of benzene rings is 2. The average Bonchev–Trinajstić information content (AvgIpc) is 3.30. The van der Waals surface area contributed by atoms with Crippen molar-refractivity contribution in [1.82, 2.24) is 0 Å². The standard InChI is InChI=1S/C21H16O3S/c22-20(19-10-5-11-25-19)17-8-3-4-9-18(17)21(23)24-16-12-14-6-1-2-7-15(14)13-16/h1-11,16H,12-13H2. The zero-order valence-electron chi connectivity index (χ0n) is 13.5. The van der Waals surface area contributed by atoms with E-state index in [9.17, 15) is 9.59 Å². The van der Waals surface area contributed by atoms with Crippen molar-refractivity contribution >= 4 is 23.1 Å². The lowest BCUT2D eigenvalue weighted by Crippen LogP contribution is -2.20. The number of esters is 1. The summed E-state index contributed by atoms with van der Waals surface area (Å²) >= 11 is 1.37. The Morgan fingerprint density at radius 1 is 0.840 bits per heavy atom. The maximum atomic E-state index is 12.7. The summed E-state index contributed by atoms with van der Waals surface area (Å²) in [5.74, 6) is -0.574. The molecule has 0 bridgehead atoms. The lowest BCUT2D eigenvalue weighted by atomic mass is 10.0. The molecule has 1 aromatic heterocycles. The van der Waals surface area contributed by atoms with Crippen molar-refractivity contribution < 1.29 is 14.3 Å². The second-order valence-corrected chi connectivity index (χ2v) is 7.00. The van der Waals surface area contributed by atoms with Gasteiger partial charge >= 0.3 is 5.97 Å². The molecule has 3 nitrogen and oxygen atoms in total. The third kappa shape index (κ3) is 3.13. The van der Waals surface area contributed by atoms with Crippen molar-refractivity contribution in [1.29, 1.82) is 0 Å². The molecule has 0 saturated heterocycles. The summed E-state index contributed by atoms with van der Waals surface area (Å²) in [5, 5.41) is 1.85. The maximum Gasteiger partial charge on any atom is 0.339 e. The Morgan fingerprint density at radius 2 is 1.48 bits per heavy atom. The molecule has 0 spiro atoms. The van der Waals surface area contributed by atoms with Gasteiger partial charge < -0.3 is 4.74 Å². The van der Waals surface area contributed by atoms with Crippen LogP contribution >= 0.6 is 11.3 Å². The fraction of sp³-hybridized carbons (Fsp3) is 0.143. The molecule has 124 valence electrons. The van der Waals surface area contributed by atoms with Crippen molar-refractivity contribution in [2.75, 3.05) is 0 Å². The Hall–Kier alpha value is -2.72. The first-order valence-corrected chi connectivity index (χ1v) is 9.05. The zero-order chi connectivity index (χ0) is 17.2. The number of hydrogen-bond acceptors (Lipinski definition) is 4. The number of rotatable bonds is 4. The highest BCUT2D eigenvalue weighted by molar-refractivity contribution is 7.12. The van der Waals surface area contributed by atoms with Gasteiger partial charge in [0, 0.05) is 18.4 Å². The monoisotopic (exact) mass is 348 g/mol. The molecule has 1 aliphatic rings. The average molecular weight is 348 g/mol. The number of carbonyl (C=O) groups excluding carboxylic acids is 2. The van der Waals surface area contributed by atoms with E-state index in [0.29, 0.717) is 16.0 Å². The highest BCUT2D eigenvalue weighted by Crippen LogP contribution is 2.25. The van der Waals surface area contributed by atoms with Crippen molar-refractivity contribution in [2.24, 2.45) is 0 Å². The summed E-state index contributed by atoms with van der Waals surface area (Å²) in [7, 11) is 0. The quantitative estimate of drug-likeness (QED) is 0.521. The SMILES string of the molecule is O=C(OC1Cc2ccccc2C1)c1ccccc1C(=O)c1cccs1. The second-order valence-electron chi connectivity index (χ2n) is 6.06. The van der Waals surface area contributed by atoms with Gasteiger partial charge in [-0.05, 0) is 28.6 Å². The van der Waals surface area contributed by atoms with Gasteiger partial charge in [0.05, 0.1) is 10.4 Å². The fourth-order valence-corrected chi connectivity index (χ4v) is 3.89. The molecule has 25 heavy (non-hydrogen) atoms. The van der Waals surface area contributed by atoms with Gasteiger partial charge in [-0.25, -0.2) is 4.79 Å². The van der Waals surface area contributed by atoms with E-state index in [-0.39, 0.29) is 11.9 Å². The number of hydrogen-bond donors (Lipinski definition) is 0. The van der Waals surface area contributed by atoms with Gasteiger partial charge in [-0.15, -0.1) is 11.3 Å². The van der Waals surface area contributed by atoms with E-state index in [4.69, 9.17) is 4.74 Å². The molecule has 0 radical (unpaired) electrons. The van der Waals surface area contributed by atoms with Gasteiger partial charge in [0.15, 0.2) is 0 Å². The Kier molecular flexibility index (Phi) is 4.20. The first-order chi connectivity index (χ1) is 12.2. The van der Waals surface area contributed by atoms with Crippen LogP contribution in [0.3, 0.4) is 0 Å². The molecular weight excluding hydrogens is 332 g/mol. The summed E-state index contributed by atoms with van der Waals surface area (Å²) in [6.45, 7) is 0. The molecule has 1 heterocycles. The lowest BCUT2D eigenvalue weighted by molar-refractivity contribution is 0.0323. The Morgan fingerprint density at radius 3 is 2.12 bits per heavy atom. The van der Waals surface area contributed by atoms with Crippen LogP contribution in [0.25, 0.3) is 0 Å². The number of ketones is 1. The van der Waals surface area contributed by atoms with Crippen molar-refractivity contribution in [2.45, 2.75) is 18.9 Å². The molecule has 0 N–H and O–H groups in total. The minimum absolute atomic E-state index is 0.141. The van der Waals surface area contributed by atoms with Crippen LogP contribution in [-0.2, 0) is 17.6 Å². The topological polar surface area (TPSA) is 43.4 Å². The highest BCUT2D eigenvalue weighted by atomic mass is 32.1. The summed E-state index contributed by atoms with van der Waals surface area (Å²) in [6, 6.07) is 18.6. The summed E-state index contributed by atoms with van der Waals surface area (Å²) in [6.07, 6.45) is 1.28. The number of fused-ring (bicyclic) bond motifs is 1. The highest BCUT2D eigenvalue weighted by Gasteiger charge is 2.26. The van der Waals surface area contributed by atoms with Gasteiger partial charge in [0.1, 0.15) is 6.10 Å². The van der Waals surface area contributed by atoms with Gasteiger partial charge in [-0.3, -0.25) is 4.79 Å². The molecule has 0 saturated carbocycles. The Bertz CT molecular complexity index is 903. The molecular formula is C21H16O3S. The van der Waals surface area contributed by atoms with Crippen LogP contribution in [-0.4, -0.2) is 17.9 Å². The van der Waals surface area contributed by atoms with E-state index in [0.717, 1.165) is 12.8 Å². The smallest absolute Gasteiger partial charge is 0.339 e. The van der Waals surface area contributed by atoms with Crippen molar-refractivity contribution in [3.8, 4) is 0 Å². The molecule has 0 fully saturated rings.